The second kappa shape index (κ2) is 5.04. The maximum Gasteiger partial charge on any atom is 0.224 e. The van der Waals surface area contributed by atoms with Crippen LogP contribution in [0.3, 0.4) is 0 Å². The van der Waals surface area contributed by atoms with E-state index in [0.29, 0.717) is 12.5 Å². The molecule has 1 amide bonds. The smallest absolute Gasteiger partial charge is 0.224 e. The maximum atomic E-state index is 12.2. The molecule has 0 aromatic carbocycles. The summed E-state index contributed by atoms with van der Waals surface area (Å²) in [6.45, 7) is 10.1. The number of carbonyl (C=O) groups is 1. The number of hydrogen-bond acceptors (Lipinski definition) is 2. The normalized spacial score (nSPS) is 33.0. The maximum absolute atomic E-state index is 12.2. The van der Waals surface area contributed by atoms with Gasteiger partial charge in [-0.15, -0.1) is 0 Å². The number of allylic oxidation sites excluding steroid dienone is 2. The van der Waals surface area contributed by atoms with Crippen molar-refractivity contribution in [2.75, 3.05) is 13.2 Å². The van der Waals surface area contributed by atoms with Crippen LogP contribution in [0.5, 0.6) is 0 Å². The number of hydrogen-bond donors (Lipinski definition) is 1. The van der Waals surface area contributed by atoms with Crippen molar-refractivity contribution in [3.05, 3.63) is 11.6 Å². The van der Waals surface area contributed by atoms with Crippen molar-refractivity contribution in [2.24, 2.45) is 17.3 Å². The van der Waals surface area contributed by atoms with E-state index in [9.17, 15) is 4.79 Å². The van der Waals surface area contributed by atoms with Crippen LogP contribution in [-0.2, 0) is 9.53 Å². The van der Waals surface area contributed by atoms with E-state index in [1.165, 1.54) is 5.57 Å². The van der Waals surface area contributed by atoms with Crippen LogP contribution in [0.4, 0.5) is 0 Å². The number of ether oxygens (including phenoxy) is 1. The van der Waals surface area contributed by atoms with Crippen LogP contribution in [0.25, 0.3) is 0 Å². The van der Waals surface area contributed by atoms with Crippen LogP contribution in [0.1, 0.15) is 40.5 Å². The molecule has 102 valence electrons. The van der Waals surface area contributed by atoms with Gasteiger partial charge in [-0.3, -0.25) is 4.79 Å². The van der Waals surface area contributed by atoms with E-state index in [1.54, 1.807) is 0 Å². The third-order valence-electron chi connectivity index (χ3n) is 4.23. The SMILES string of the molecule is CC(C)=C[C@@H]1[C@@H](C(=O)NC[C@H]2CCCO2)C1(C)C. The molecule has 1 N–H and O–H groups in total. The predicted octanol–water partition coefficient (Wildman–Crippen LogP) is 2.52. The standard InChI is InChI=1S/C15H25NO2/c1-10(2)8-12-13(15(12,3)4)14(17)16-9-11-6-5-7-18-11/h8,11-13H,5-7,9H2,1-4H3,(H,16,17)/t11-,12-,13+/m1/s1. The zero-order valence-corrected chi connectivity index (χ0v) is 12.0. The minimum Gasteiger partial charge on any atom is -0.376 e. The van der Waals surface area contributed by atoms with Gasteiger partial charge in [0.1, 0.15) is 0 Å². The van der Waals surface area contributed by atoms with Crippen molar-refractivity contribution in [3.8, 4) is 0 Å². The Balaban J connectivity index is 1.84. The lowest BCUT2D eigenvalue weighted by molar-refractivity contribution is -0.123. The summed E-state index contributed by atoms with van der Waals surface area (Å²) in [5, 5.41) is 3.05. The highest BCUT2D eigenvalue weighted by atomic mass is 16.5. The molecule has 2 aliphatic rings. The number of amides is 1. The summed E-state index contributed by atoms with van der Waals surface area (Å²) in [7, 11) is 0. The fourth-order valence-corrected chi connectivity index (χ4v) is 2.98. The van der Waals surface area contributed by atoms with Crippen LogP contribution in [0.2, 0.25) is 0 Å². The summed E-state index contributed by atoms with van der Waals surface area (Å²) in [4.78, 5) is 12.2. The number of rotatable bonds is 4. The molecule has 0 radical (unpaired) electrons. The first kappa shape index (κ1) is 13.6. The average molecular weight is 251 g/mol. The summed E-state index contributed by atoms with van der Waals surface area (Å²) in [6, 6.07) is 0. The van der Waals surface area contributed by atoms with Gasteiger partial charge in [0, 0.05) is 13.2 Å². The van der Waals surface area contributed by atoms with E-state index >= 15 is 0 Å². The Morgan fingerprint density at radius 1 is 1.44 bits per heavy atom. The molecule has 3 heteroatoms. The topological polar surface area (TPSA) is 38.3 Å². The molecule has 1 aliphatic carbocycles. The molecular weight excluding hydrogens is 226 g/mol. The molecular formula is C15H25NO2. The molecule has 1 heterocycles. The monoisotopic (exact) mass is 251 g/mol. The van der Waals surface area contributed by atoms with Gasteiger partial charge in [0.2, 0.25) is 5.91 Å². The average Bonchev–Trinajstić information content (AvgIpc) is 2.70. The van der Waals surface area contributed by atoms with Crippen molar-refractivity contribution in [2.45, 2.75) is 46.6 Å². The molecule has 3 nitrogen and oxygen atoms in total. The molecule has 1 aliphatic heterocycles. The van der Waals surface area contributed by atoms with Crippen LogP contribution in [-0.4, -0.2) is 25.2 Å². The molecule has 3 atom stereocenters. The van der Waals surface area contributed by atoms with Gasteiger partial charge in [-0.05, 0) is 38.0 Å². The summed E-state index contributed by atoms with van der Waals surface area (Å²) in [5.41, 5.74) is 1.40. The Hall–Kier alpha value is -0.830. The van der Waals surface area contributed by atoms with Crippen LogP contribution in [0.15, 0.2) is 11.6 Å². The highest BCUT2D eigenvalue weighted by molar-refractivity contribution is 5.83. The van der Waals surface area contributed by atoms with E-state index in [4.69, 9.17) is 4.74 Å². The molecule has 0 bridgehead atoms. The molecule has 0 aromatic heterocycles. The Labute approximate surface area is 110 Å². The van der Waals surface area contributed by atoms with Crippen LogP contribution >= 0.6 is 0 Å². The van der Waals surface area contributed by atoms with Gasteiger partial charge in [-0.25, -0.2) is 0 Å². The first-order valence-electron chi connectivity index (χ1n) is 6.97. The fraction of sp³-hybridized carbons (Fsp3) is 0.800. The van der Waals surface area contributed by atoms with Gasteiger partial charge in [-0.2, -0.15) is 0 Å². The number of carbonyl (C=O) groups excluding carboxylic acids is 1. The molecule has 1 saturated carbocycles. The molecule has 0 unspecified atom stereocenters. The van der Waals surface area contributed by atoms with Crippen LogP contribution < -0.4 is 5.32 Å². The largest absolute Gasteiger partial charge is 0.376 e. The Morgan fingerprint density at radius 3 is 2.72 bits per heavy atom. The van der Waals surface area contributed by atoms with Gasteiger partial charge in [-0.1, -0.05) is 25.5 Å². The van der Waals surface area contributed by atoms with Crippen molar-refractivity contribution in [1.29, 1.82) is 0 Å². The third-order valence-corrected chi connectivity index (χ3v) is 4.23. The molecule has 0 aromatic rings. The van der Waals surface area contributed by atoms with Crippen molar-refractivity contribution < 1.29 is 9.53 Å². The van der Waals surface area contributed by atoms with Crippen LogP contribution in [0, 0.1) is 17.3 Å². The summed E-state index contributed by atoms with van der Waals surface area (Å²) in [5.74, 6) is 0.721. The van der Waals surface area contributed by atoms with E-state index in [-0.39, 0.29) is 23.3 Å². The third kappa shape index (κ3) is 2.77. The van der Waals surface area contributed by atoms with Gasteiger partial charge in [0.05, 0.1) is 12.0 Å². The zero-order chi connectivity index (χ0) is 13.3. The molecule has 2 fully saturated rings. The van der Waals surface area contributed by atoms with Gasteiger partial charge < -0.3 is 10.1 Å². The fourth-order valence-electron chi connectivity index (χ4n) is 2.98. The zero-order valence-electron chi connectivity index (χ0n) is 12.0. The lowest BCUT2D eigenvalue weighted by Crippen LogP contribution is -2.33. The molecule has 2 rings (SSSR count). The first-order chi connectivity index (χ1) is 8.43. The minimum absolute atomic E-state index is 0.109. The summed E-state index contributed by atoms with van der Waals surface area (Å²) < 4.78 is 5.52. The second-order valence-corrected chi connectivity index (χ2v) is 6.45. The second-order valence-electron chi connectivity index (χ2n) is 6.45. The van der Waals surface area contributed by atoms with E-state index in [0.717, 1.165) is 19.4 Å². The quantitative estimate of drug-likeness (QED) is 0.780. The van der Waals surface area contributed by atoms with Gasteiger partial charge >= 0.3 is 0 Å². The molecule has 1 saturated heterocycles. The summed E-state index contributed by atoms with van der Waals surface area (Å²) >= 11 is 0. The summed E-state index contributed by atoms with van der Waals surface area (Å²) in [6.07, 6.45) is 4.66. The van der Waals surface area contributed by atoms with Gasteiger partial charge in [0.25, 0.3) is 0 Å². The highest BCUT2D eigenvalue weighted by Gasteiger charge is 2.60. The number of nitrogens with one attached hydrogen (secondary N) is 1. The molecule has 0 spiro atoms. The molecule has 18 heavy (non-hydrogen) atoms. The lowest BCUT2D eigenvalue weighted by atomic mass is 10.1. The first-order valence-corrected chi connectivity index (χ1v) is 6.97. The van der Waals surface area contributed by atoms with E-state index < -0.39 is 0 Å². The Morgan fingerprint density at radius 2 is 2.17 bits per heavy atom. The lowest BCUT2D eigenvalue weighted by Gasteiger charge is -2.11. The highest BCUT2D eigenvalue weighted by Crippen LogP contribution is 2.59. The Kier molecular flexibility index (Phi) is 3.81. The predicted molar refractivity (Wildman–Crippen MR) is 72.2 cm³/mol. The van der Waals surface area contributed by atoms with E-state index in [2.05, 4.69) is 39.1 Å². The Bertz CT molecular complexity index is 350. The van der Waals surface area contributed by atoms with Crippen molar-refractivity contribution in [3.63, 3.8) is 0 Å². The van der Waals surface area contributed by atoms with Crippen molar-refractivity contribution in [1.82, 2.24) is 5.32 Å². The van der Waals surface area contributed by atoms with Crippen molar-refractivity contribution >= 4 is 5.91 Å². The van der Waals surface area contributed by atoms with Gasteiger partial charge in [0.15, 0.2) is 0 Å². The van der Waals surface area contributed by atoms with E-state index in [1.807, 2.05) is 0 Å². The minimum atomic E-state index is 0.109.